The molecule has 0 aliphatic rings. The predicted octanol–water partition coefficient (Wildman–Crippen LogP) is 3.84. The van der Waals surface area contributed by atoms with Crippen molar-refractivity contribution < 1.29 is 4.74 Å². The van der Waals surface area contributed by atoms with Gasteiger partial charge in [0.25, 0.3) is 5.56 Å². The molecule has 0 radical (unpaired) electrons. The molecular formula is C17H18N2O2S. The van der Waals surface area contributed by atoms with Crippen LogP contribution in [0.15, 0.2) is 23.0 Å². The number of aromatic amines is 1. The highest BCUT2D eigenvalue weighted by Gasteiger charge is 2.19. The third kappa shape index (κ3) is 2.31. The van der Waals surface area contributed by atoms with Crippen LogP contribution in [0.1, 0.15) is 23.2 Å². The lowest BCUT2D eigenvalue weighted by Crippen LogP contribution is -2.10. The lowest BCUT2D eigenvalue weighted by atomic mass is 10.0. The first kappa shape index (κ1) is 14.8. The summed E-state index contributed by atoms with van der Waals surface area (Å²) in [7, 11) is 1.65. The SMILES string of the molecule is CCc1nc2sc(C)c(-c3cc(C)ccc3OC)c2c(=O)[nH]1. The van der Waals surface area contributed by atoms with Gasteiger partial charge >= 0.3 is 0 Å². The molecule has 2 heterocycles. The Bertz CT molecular complexity index is 909. The lowest BCUT2D eigenvalue weighted by molar-refractivity contribution is 0.416. The molecule has 0 unspecified atom stereocenters. The zero-order valence-electron chi connectivity index (χ0n) is 13.1. The molecule has 0 saturated heterocycles. The first-order valence-corrected chi connectivity index (χ1v) is 8.04. The lowest BCUT2D eigenvalue weighted by Gasteiger charge is -2.10. The average Bonchev–Trinajstić information content (AvgIpc) is 2.83. The van der Waals surface area contributed by atoms with Crippen LogP contribution in [0.25, 0.3) is 21.3 Å². The maximum Gasteiger partial charge on any atom is 0.260 e. The molecule has 0 amide bonds. The van der Waals surface area contributed by atoms with Gasteiger partial charge in [-0.2, -0.15) is 0 Å². The standard InChI is InChI=1S/C17H18N2O2S/c1-5-13-18-16(20)15-14(10(3)22-17(15)19-13)11-8-9(2)6-7-12(11)21-4/h6-8H,5H2,1-4H3,(H,18,19,20). The number of H-pyrrole nitrogens is 1. The van der Waals surface area contributed by atoms with Gasteiger partial charge in [-0.25, -0.2) is 4.98 Å². The summed E-state index contributed by atoms with van der Waals surface area (Å²) in [5.74, 6) is 1.49. The summed E-state index contributed by atoms with van der Waals surface area (Å²) < 4.78 is 5.48. The molecule has 0 spiro atoms. The monoisotopic (exact) mass is 314 g/mol. The van der Waals surface area contributed by atoms with Gasteiger partial charge in [0.15, 0.2) is 0 Å². The minimum Gasteiger partial charge on any atom is -0.496 e. The van der Waals surface area contributed by atoms with Crippen LogP contribution < -0.4 is 10.3 Å². The Morgan fingerprint density at radius 2 is 2.09 bits per heavy atom. The van der Waals surface area contributed by atoms with Gasteiger partial charge in [0.05, 0.1) is 12.5 Å². The Hall–Kier alpha value is -2.14. The number of ether oxygens (including phenoxy) is 1. The molecule has 3 rings (SSSR count). The van der Waals surface area contributed by atoms with Gasteiger partial charge in [-0.15, -0.1) is 11.3 Å². The second kappa shape index (κ2) is 5.57. The van der Waals surface area contributed by atoms with Gasteiger partial charge in [-0.05, 0) is 26.0 Å². The molecule has 3 aromatic rings. The second-order valence-corrected chi connectivity index (χ2v) is 6.49. The first-order valence-electron chi connectivity index (χ1n) is 7.22. The van der Waals surface area contributed by atoms with Gasteiger partial charge in [-0.1, -0.05) is 18.6 Å². The first-order chi connectivity index (χ1) is 10.5. The second-order valence-electron chi connectivity index (χ2n) is 5.28. The van der Waals surface area contributed by atoms with Crippen LogP contribution in [0.5, 0.6) is 5.75 Å². The zero-order valence-corrected chi connectivity index (χ0v) is 13.9. The summed E-state index contributed by atoms with van der Waals surface area (Å²) in [5, 5.41) is 0.656. The van der Waals surface area contributed by atoms with E-state index < -0.39 is 0 Å². The van der Waals surface area contributed by atoms with E-state index in [1.165, 1.54) is 0 Å². The molecule has 0 saturated carbocycles. The maximum atomic E-state index is 12.5. The van der Waals surface area contributed by atoms with Crippen molar-refractivity contribution in [2.24, 2.45) is 0 Å². The van der Waals surface area contributed by atoms with E-state index in [-0.39, 0.29) is 5.56 Å². The van der Waals surface area contributed by atoms with Crippen LogP contribution in [0.2, 0.25) is 0 Å². The normalized spacial score (nSPS) is 11.1. The molecule has 114 valence electrons. The summed E-state index contributed by atoms with van der Waals surface area (Å²) >= 11 is 1.56. The number of hydrogen-bond donors (Lipinski definition) is 1. The summed E-state index contributed by atoms with van der Waals surface area (Å²) in [4.78, 5) is 21.8. The van der Waals surface area contributed by atoms with Crippen LogP contribution in [0, 0.1) is 13.8 Å². The quantitative estimate of drug-likeness (QED) is 0.799. The average molecular weight is 314 g/mol. The van der Waals surface area contributed by atoms with E-state index in [0.29, 0.717) is 11.8 Å². The van der Waals surface area contributed by atoms with Crippen LogP contribution in [0.4, 0.5) is 0 Å². The number of rotatable bonds is 3. The van der Waals surface area contributed by atoms with Crippen molar-refractivity contribution >= 4 is 21.6 Å². The van der Waals surface area contributed by atoms with E-state index in [1.807, 2.05) is 32.9 Å². The van der Waals surface area contributed by atoms with E-state index in [0.717, 1.165) is 38.0 Å². The van der Waals surface area contributed by atoms with Crippen molar-refractivity contribution in [3.8, 4) is 16.9 Å². The van der Waals surface area contributed by atoms with E-state index >= 15 is 0 Å². The highest BCUT2D eigenvalue weighted by atomic mass is 32.1. The van der Waals surface area contributed by atoms with E-state index in [2.05, 4.69) is 16.0 Å². The molecule has 0 aliphatic heterocycles. The van der Waals surface area contributed by atoms with Crippen molar-refractivity contribution in [2.75, 3.05) is 7.11 Å². The fourth-order valence-corrected chi connectivity index (χ4v) is 3.73. The van der Waals surface area contributed by atoms with Gasteiger partial charge in [0, 0.05) is 22.4 Å². The van der Waals surface area contributed by atoms with Gasteiger partial charge < -0.3 is 9.72 Å². The number of nitrogens with zero attached hydrogens (tertiary/aromatic N) is 1. The summed E-state index contributed by atoms with van der Waals surface area (Å²) in [5.41, 5.74) is 2.92. The maximum absolute atomic E-state index is 12.5. The number of thiophene rings is 1. The highest BCUT2D eigenvalue weighted by Crippen LogP contribution is 2.40. The Balaban J connectivity index is 2.39. The smallest absolute Gasteiger partial charge is 0.260 e. The molecule has 0 bridgehead atoms. The number of hydrogen-bond acceptors (Lipinski definition) is 4. The molecule has 0 aliphatic carbocycles. The molecule has 0 fully saturated rings. The van der Waals surface area contributed by atoms with E-state index in [4.69, 9.17) is 4.74 Å². The van der Waals surface area contributed by atoms with Crippen molar-refractivity contribution in [2.45, 2.75) is 27.2 Å². The van der Waals surface area contributed by atoms with Crippen molar-refractivity contribution in [3.63, 3.8) is 0 Å². The largest absolute Gasteiger partial charge is 0.496 e. The molecule has 5 heteroatoms. The predicted molar refractivity (Wildman–Crippen MR) is 91.1 cm³/mol. The van der Waals surface area contributed by atoms with Crippen molar-refractivity contribution in [1.82, 2.24) is 9.97 Å². The topological polar surface area (TPSA) is 55.0 Å². The minimum absolute atomic E-state index is 0.0789. The Kier molecular flexibility index (Phi) is 3.74. The third-order valence-corrected chi connectivity index (χ3v) is 4.75. The van der Waals surface area contributed by atoms with Gasteiger partial charge in [0.1, 0.15) is 16.4 Å². The molecule has 2 aromatic heterocycles. The molecule has 1 aromatic carbocycles. The van der Waals surface area contributed by atoms with E-state index in [1.54, 1.807) is 18.4 Å². The molecule has 0 atom stereocenters. The van der Waals surface area contributed by atoms with Crippen molar-refractivity contribution in [1.29, 1.82) is 0 Å². The van der Waals surface area contributed by atoms with Crippen molar-refractivity contribution in [3.05, 3.63) is 44.8 Å². The van der Waals surface area contributed by atoms with Crippen LogP contribution >= 0.6 is 11.3 Å². The van der Waals surface area contributed by atoms with Crippen LogP contribution in [0.3, 0.4) is 0 Å². The number of aryl methyl sites for hydroxylation is 3. The Morgan fingerprint density at radius 3 is 2.77 bits per heavy atom. The van der Waals surface area contributed by atoms with Crippen LogP contribution in [-0.4, -0.2) is 17.1 Å². The summed E-state index contributed by atoms with van der Waals surface area (Å²) in [6.45, 7) is 6.04. The molecule has 4 nitrogen and oxygen atoms in total. The Morgan fingerprint density at radius 1 is 1.32 bits per heavy atom. The molecule has 1 N–H and O–H groups in total. The number of nitrogens with one attached hydrogen (secondary N) is 1. The minimum atomic E-state index is -0.0789. The summed E-state index contributed by atoms with van der Waals surface area (Å²) in [6, 6.07) is 6.00. The van der Waals surface area contributed by atoms with Crippen LogP contribution in [-0.2, 0) is 6.42 Å². The number of methoxy groups -OCH3 is 1. The molecular weight excluding hydrogens is 296 g/mol. The number of benzene rings is 1. The Labute approximate surface area is 132 Å². The zero-order chi connectivity index (χ0) is 15.9. The fraction of sp³-hybridized carbons (Fsp3) is 0.294. The summed E-state index contributed by atoms with van der Waals surface area (Å²) in [6.07, 6.45) is 0.714. The fourth-order valence-electron chi connectivity index (χ4n) is 2.67. The number of fused-ring (bicyclic) bond motifs is 1. The molecule has 22 heavy (non-hydrogen) atoms. The number of aromatic nitrogens is 2. The highest BCUT2D eigenvalue weighted by molar-refractivity contribution is 7.19. The van der Waals surface area contributed by atoms with Gasteiger partial charge in [0.2, 0.25) is 0 Å². The van der Waals surface area contributed by atoms with Gasteiger partial charge in [-0.3, -0.25) is 4.79 Å². The third-order valence-electron chi connectivity index (χ3n) is 3.75. The van der Waals surface area contributed by atoms with E-state index in [9.17, 15) is 4.79 Å².